The molecule has 0 spiro atoms. The zero-order valence-electron chi connectivity index (χ0n) is 10.6. The van der Waals surface area contributed by atoms with Gasteiger partial charge in [-0.3, -0.25) is 9.36 Å². The minimum Gasteiger partial charge on any atom is -0.481 e. The zero-order valence-corrected chi connectivity index (χ0v) is 12.1. The first-order chi connectivity index (χ1) is 9.00. The number of benzene rings is 1. The van der Waals surface area contributed by atoms with Gasteiger partial charge in [0.15, 0.2) is 5.16 Å². The van der Waals surface area contributed by atoms with Crippen LogP contribution in [0.25, 0.3) is 5.69 Å². The fraction of sp³-hybridized carbons (Fsp3) is 0.231. The molecule has 0 aliphatic heterocycles. The van der Waals surface area contributed by atoms with E-state index in [1.807, 2.05) is 36.6 Å². The standard InChI is InChI=1S/C13H13ClN2O2S/c1-8-4-3-5-10(14)12(8)16-9(2)6-15-13(16)19-7-11(17)18/h3-6H,7H2,1-2H3,(H,17,18). The van der Waals surface area contributed by atoms with Gasteiger partial charge >= 0.3 is 5.97 Å². The maximum atomic E-state index is 10.7. The number of aryl methyl sites for hydroxylation is 2. The fourth-order valence-corrected chi connectivity index (χ4v) is 2.87. The highest BCUT2D eigenvalue weighted by atomic mass is 35.5. The van der Waals surface area contributed by atoms with Gasteiger partial charge in [-0.15, -0.1) is 0 Å². The number of rotatable bonds is 4. The summed E-state index contributed by atoms with van der Waals surface area (Å²) in [5.41, 5.74) is 2.79. The molecule has 0 fully saturated rings. The number of carboxylic acids is 1. The van der Waals surface area contributed by atoms with Gasteiger partial charge in [0.2, 0.25) is 0 Å². The average molecular weight is 297 g/mol. The lowest BCUT2D eigenvalue weighted by Gasteiger charge is -2.13. The molecule has 0 radical (unpaired) electrons. The van der Waals surface area contributed by atoms with E-state index in [0.717, 1.165) is 16.9 Å². The summed E-state index contributed by atoms with van der Waals surface area (Å²) in [6.45, 7) is 3.88. The van der Waals surface area contributed by atoms with Crippen LogP contribution in [-0.4, -0.2) is 26.4 Å². The van der Waals surface area contributed by atoms with Crippen LogP contribution in [0.15, 0.2) is 29.6 Å². The molecule has 1 aromatic carbocycles. The molecule has 0 unspecified atom stereocenters. The van der Waals surface area contributed by atoms with Crippen molar-refractivity contribution in [3.8, 4) is 5.69 Å². The Balaban J connectivity index is 2.49. The van der Waals surface area contributed by atoms with Gasteiger partial charge in [-0.1, -0.05) is 35.5 Å². The largest absolute Gasteiger partial charge is 0.481 e. The Morgan fingerprint density at radius 2 is 2.21 bits per heavy atom. The van der Waals surface area contributed by atoms with Crippen molar-refractivity contribution in [2.24, 2.45) is 0 Å². The number of para-hydroxylation sites is 1. The van der Waals surface area contributed by atoms with Gasteiger partial charge in [0.05, 0.1) is 16.5 Å². The molecule has 0 aliphatic rings. The average Bonchev–Trinajstić information content (AvgIpc) is 2.69. The molecule has 100 valence electrons. The molecule has 1 aromatic heterocycles. The predicted molar refractivity (Wildman–Crippen MR) is 76.4 cm³/mol. The number of carboxylic acid groups (broad SMARTS) is 1. The first-order valence-electron chi connectivity index (χ1n) is 5.65. The minimum atomic E-state index is -0.868. The van der Waals surface area contributed by atoms with Crippen LogP contribution in [0.1, 0.15) is 11.3 Å². The molecule has 0 bridgehead atoms. The second kappa shape index (κ2) is 5.67. The quantitative estimate of drug-likeness (QED) is 0.879. The summed E-state index contributed by atoms with van der Waals surface area (Å²) >= 11 is 7.44. The lowest BCUT2D eigenvalue weighted by molar-refractivity contribution is -0.133. The summed E-state index contributed by atoms with van der Waals surface area (Å²) in [4.78, 5) is 14.9. The predicted octanol–water partition coefficient (Wildman–Crippen LogP) is 3.32. The van der Waals surface area contributed by atoms with Crippen LogP contribution in [-0.2, 0) is 4.79 Å². The molecule has 2 rings (SSSR count). The number of aromatic nitrogens is 2. The van der Waals surface area contributed by atoms with Gasteiger partial charge < -0.3 is 5.11 Å². The summed E-state index contributed by atoms with van der Waals surface area (Å²) < 4.78 is 1.89. The van der Waals surface area contributed by atoms with E-state index in [1.54, 1.807) is 6.20 Å². The Labute approximate surface area is 120 Å². The highest BCUT2D eigenvalue weighted by Gasteiger charge is 2.15. The maximum absolute atomic E-state index is 10.7. The molecule has 1 heterocycles. The molecule has 0 saturated heterocycles. The molecule has 0 aliphatic carbocycles. The smallest absolute Gasteiger partial charge is 0.313 e. The summed E-state index contributed by atoms with van der Waals surface area (Å²) in [6.07, 6.45) is 1.72. The van der Waals surface area contributed by atoms with Gasteiger partial charge in [-0.25, -0.2) is 4.98 Å². The van der Waals surface area contributed by atoms with E-state index in [2.05, 4.69) is 4.98 Å². The second-order valence-corrected chi connectivity index (χ2v) is 5.46. The molecular weight excluding hydrogens is 284 g/mol. The summed E-state index contributed by atoms with van der Waals surface area (Å²) in [7, 11) is 0. The van der Waals surface area contributed by atoms with Crippen LogP contribution in [0.5, 0.6) is 0 Å². The molecular formula is C13H13ClN2O2S. The number of carbonyl (C=O) groups is 1. The number of imidazole rings is 1. The van der Waals surface area contributed by atoms with Gasteiger partial charge in [0, 0.05) is 11.9 Å². The van der Waals surface area contributed by atoms with Crippen molar-refractivity contribution >= 4 is 29.3 Å². The van der Waals surface area contributed by atoms with E-state index in [1.165, 1.54) is 11.8 Å². The maximum Gasteiger partial charge on any atom is 0.313 e. The van der Waals surface area contributed by atoms with E-state index in [-0.39, 0.29) is 5.75 Å². The highest BCUT2D eigenvalue weighted by Crippen LogP contribution is 2.30. The van der Waals surface area contributed by atoms with Crippen molar-refractivity contribution < 1.29 is 9.90 Å². The Morgan fingerprint density at radius 1 is 1.47 bits per heavy atom. The van der Waals surface area contributed by atoms with Gasteiger partial charge in [-0.05, 0) is 25.5 Å². The van der Waals surface area contributed by atoms with Crippen molar-refractivity contribution in [1.29, 1.82) is 0 Å². The summed E-state index contributed by atoms with van der Waals surface area (Å²) in [5.74, 6) is -0.895. The first kappa shape index (κ1) is 14.0. The van der Waals surface area contributed by atoms with Gasteiger partial charge in [0.1, 0.15) is 0 Å². The molecule has 4 nitrogen and oxygen atoms in total. The van der Waals surface area contributed by atoms with E-state index in [9.17, 15) is 4.79 Å². The third-order valence-electron chi connectivity index (χ3n) is 2.64. The van der Waals surface area contributed by atoms with E-state index in [4.69, 9.17) is 16.7 Å². The van der Waals surface area contributed by atoms with E-state index < -0.39 is 5.97 Å². The van der Waals surface area contributed by atoms with Crippen LogP contribution >= 0.6 is 23.4 Å². The number of halogens is 1. The van der Waals surface area contributed by atoms with Crippen molar-refractivity contribution in [2.75, 3.05) is 5.75 Å². The molecule has 0 saturated carbocycles. The van der Waals surface area contributed by atoms with E-state index >= 15 is 0 Å². The summed E-state index contributed by atoms with van der Waals surface area (Å²) in [5, 5.41) is 10.0. The summed E-state index contributed by atoms with van der Waals surface area (Å²) in [6, 6.07) is 5.67. The van der Waals surface area contributed by atoms with Crippen molar-refractivity contribution in [3.63, 3.8) is 0 Å². The fourth-order valence-electron chi connectivity index (χ4n) is 1.82. The molecule has 0 amide bonds. The number of hydrogen-bond acceptors (Lipinski definition) is 3. The minimum absolute atomic E-state index is 0.0278. The SMILES string of the molecule is Cc1cccc(Cl)c1-n1c(C)cnc1SCC(=O)O. The monoisotopic (exact) mass is 296 g/mol. The Morgan fingerprint density at radius 3 is 2.84 bits per heavy atom. The molecule has 1 N–H and O–H groups in total. The van der Waals surface area contributed by atoms with Crippen molar-refractivity contribution in [3.05, 3.63) is 40.7 Å². The van der Waals surface area contributed by atoms with Crippen LogP contribution in [0.4, 0.5) is 0 Å². The number of hydrogen-bond donors (Lipinski definition) is 1. The lowest BCUT2D eigenvalue weighted by Crippen LogP contribution is -2.04. The third-order valence-corrected chi connectivity index (χ3v) is 3.89. The van der Waals surface area contributed by atoms with Crippen LogP contribution < -0.4 is 0 Å². The normalized spacial score (nSPS) is 10.7. The van der Waals surface area contributed by atoms with E-state index in [0.29, 0.717) is 10.2 Å². The third kappa shape index (κ3) is 2.93. The Hall–Kier alpha value is -1.46. The highest BCUT2D eigenvalue weighted by molar-refractivity contribution is 7.99. The van der Waals surface area contributed by atoms with Gasteiger partial charge in [-0.2, -0.15) is 0 Å². The topological polar surface area (TPSA) is 55.1 Å². The lowest BCUT2D eigenvalue weighted by atomic mass is 10.2. The molecule has 0 atom stereocenters. The number of aliphatic carboxylic acids is 1. The Kier molecular flexibility index (Phi) is 4.17. The van der Waals surface area contributed by atoms with Crippen LogP contribution in [0, 0.1) is 13.8 Å². The van der Waals surface area contributed by atoms with Gasteiger partial charge in [0.25, 0.3) is 0 Å². The molecule has 19 heavy (non-hydrogen) atoms. The molecule has 2 aromatic rings. The number of nitrogens with zero attached hydrogens (tertiary/aromatic N) is 2. The van der Waals surface area contributed by atoms with Crippen LogP contribution in [0.3, 0.4) is 0 Å². The number of thioether (sulfide) groups is 1. The van der Waals surface area contributed by atoms with Crippen LogP contribution in [0.2, 0.25) is 5.02 Å². The first-order valence-corrected chi connectivity index (χ1v) is 7.01. The Bertz CT molecular complexity index is 605. The molecule has 6 heteroatoms. The second-order valence-electron chi connectivity index (χ2n) is 4.11. The zero-order chi connectivity index (χ0) is 14.0. The van der Waals surface area contributed by atoms with Crippen molar-refractivity contribution in [2.45, 2.75) is 19.0 Å². The van der Waals surface area contributed by atoms with Crippen molar-refractivity contribution in [1.82, 2.24) is 9.55 Å².